The van der Waals surface area contributed by atoms with Crippen LogP contribution in [0, 0.1) is 11.8 Å². The molecule has 0 aromatic heterocycles. The fraction of sp³-hybridized carbons (Fsp3) is 0.889. The average Bonchev–Trinajstić information content (AvgIpc) is 1.85. The largest absolute Gasteiger partial charge is 0.381 e. The summed E-state index contributed by atoms with van der Waals surface area (Å²) in [5.41, 5.74) is 0. The molecule has 0 radical (unpaired) electrons. The predicted molar refractivity (Wildman–Crippen MR) is 43.4 cm³/mol. The molecule has 11 heavy (non-hydrogen) atoms. The first-order valence-corrected chi connectivity index (χ1v) is 4.21. The van der Waals surface area contributed by atoms with Crippen LogP contribution in [0.4, 0.5) is 0 Å². The van der Waals surface area contributed by atoms with Gasteiger partial charge in [-0.3, -0.25) is 4.79 Å². The molecule has 1 fully saturated rings. The van der Waals surface area contributed by atoms with E-state index in [2.05, 4.69) is 0 Å². The lowest BCUT2D eigenvalue weighted by Gasteiger charge is -2.33. The molecule has 0 saturated heterocycles. The van der Waals surface area contributed by atoms with E-state index in [1.165, 1.54) is 0 Å². The highest BCUT2D eigenvalue weighted by Crippen LogP contribution is 2.31. The van der Waals surface area contributed by atoms with Crippen LogP contribution in [-0.4, -0.2) is 19.0 Å². The second-order valence-electron chi connectivity index (χ2n) is 3.58. The summed E-state index contributed by atoms with van der Waals surface area (Å²) in [5, 5.41) is 0. The molecule has 0 atom stereocenters. The number of ketones is 1. The van der Waals surface area contributed by atoms with Crippen molar-refractivity contribution in [1.82, 2.24) is 0 Å². The van der Waals surface area contributed by atoms with Gasteiger partial charge in [0.25, 0.3) is 0 Å². The van der Waals surface area contributed by atoms with Gasteiger partial charge >= 0.3 is 0 Å². The first-order chi connectivity index (χ1) is 5.15. The quantitative estimate of drug-likeness (QED) is 0.621. The zero-order valence-electron chi connectivity index (χ0n) is 7.46. The zero-order chi connectivity index (χ0) is 8.43. The molecule has 2 heteroatoms. The topological polar surface area (TPSA) is 26.3 Å². The maximum atomic E-state index is 11.3. The Bertz CT molecular complexity index is 146. The number of hydrogen-bond donors (Lipinski definition) is 0. The summed E-state index contributed by atoms with van der Waals surface area (Å²) in [6, 6.07) is 0. The summed E-state index contributed by atoms with van der Waals surface area (Å²) >= 11 is 0. The second kappa shape index (κ2) is 3.35. The molecule has 0 amide bonds. The van der Waals surface area contributed by atoms with E-state index in [4.69, 9.17) is 4.74 Å². The van der Waals surface area contributed by atoms with Crippen LogP contribution in [0.2, 0.25) is 0 Å². The molecule has 64 valence electrons. The van der Waals surface area contributed by atoms with Crippen LogP contribution in [0.1, 0.15) is 26.7 Å². The van der Waals surface area contributed by atoms with Crippen molar-refractivity contribution in [3.63, 3.8) is 0 Å². The van der Waals surface area contributed by atoms with Gasteiger partial charge in [-0.05, 0) is 12.8 Å². The molecule has 0 aromatic rings. The molecule has 0 spiro atoms. The molecule has 0 heterocycles. The van der Waals surface area contributed by atoms with Crippen molar-refractivity contribution in [2.75, 3.05) is 7.11 Å². The standard InChI is InChI=1S/C9H16O2/c1-6(2)9(10)7-4-8(5-7)11-3/h6-8H,4-5H2,1-3H3. The number of ether oxygens (including phenoxy) is 1. The molecule has 1 saturated carbocycles. The van der Waals surface area contributed by atoms with Gasteiger partial charge in [-0.15, -0.1) is 0 Å². The van der Waals surface area contributed by atoms with E-state index in [0.717, 1.165) is 12.8 Å². The van der Waals surface area contributed by atoms with Crippen LogP contribution < -0.4 is 0 Å². The molecule has 1 rings (SSSR count). The maximum absolute atomic E-state index is 11.3. The fourth-order valence-electron chi connectivity index (χ4n) is 1.46. The van der Waals surface area contributed by atoms with Gasteiger partial charge in [0, 0.05) is 18.9 Å². The Morgan fingerprint density at radius 1 is 1.45 bits per heavy atom. The number of methoxy groups -OCH3 is 1. The van der Waals surface area contributed by atoms with Crippen LogP contribution in [0.3, 0.4) is 0 Å². The third-order valence-corrected chi connectivity index (χ3v) is 2.40. The van der Waals surface area contributed by atoms with Crippen LogP contribution in [0.25, 0.3) is 0 Å². The fourth-order valence-corrected chi connectivity index (χ4v) is 1.46. The van der Waals surface area contributed by atoms with Gasteiger partial charge in [-0.2, -0.15) is 0 Å². The lowest BCUT2D eigenvalue weighted by molar-refractivity contribution is -0.133. The normalized spacial score (nSPS) is 30.2. The van der Waals surface area contributed by atoms with Crippen molar-refractivity contribution in [1.29, 1.82) is 0 Å². The van der Waals surface area contributed by atoms with Crippen molar-refractivity contribution in [3.05, 3.63) is 0 Å². The number of hydrogen-bond acceptors (Lipinski definition) is 2. The first-order valence-electron chi connectivity index (χ1n) is 4.21. The Morgan fingerprint density at radius 3 is 2.36 bits per heavy atom. The summed E-state index contributed by atoms with van der Waals surface area (Å²) in [6.07, 6.45) is 2.23. The average molecular weight is 156 g/mol. The summed E-state index contributed by atoms with van der Waals surface area (Å²) in [5.74, 6) is 0.885. The molecule has 1 aliphatic rings. The van der Waals surface area contributed by atoms with E-state index in [-0.39, 0.29) is 5.92 Å². The van der Waals surface area contributed by atoms with E-state index in [0.29, 0.717) is 17.8 Å². The summed E-state index contributed by atoms with van der Waals surface area (Å²) in [6.45, 7) is 3.92. The third kappa shape index (κ3) is 1.80. The Labute approximate surface area is 67.9 Å². The molecule has 2 nitrogen and oxygen atoms in total. The molecule has 0 aromatic carbocycles. The minimum Gasteiger partial charge on any atom is -0.381 e. The molecule has 1 aliphatic carbocycles. The number of carbonyl (C=O) groups is 1. The molecular weight excluding hydrogens is 140 g/mol. The maximum Gasteiger partial charge on any atom is 0.138 e. The van der Waals surface area contributed by atoms with E-state index in [1.54, 1.807) is 7.11 Å². The van der Waals surface area contributed by atoms with Crippen LogP contribution in [0.15, 0.2) is 0 Å². The SMILES string of the molecule is COC1CC(C(=O)C(C)C)C1. The van der Waals surface area contributed by atoms with Crippen molar-refractivity contribution in [3.8, 4) is 0 Å². The molecular formula is C9H16O2. The van der Waals surface area contributed by atoms with Crippen LogP contribution >= 0.6 is 0 Å². The number of Topliss-reactive ketones (excluding diaryl/α,β-unsaturated/α-hetero) is 1. The first kappa shape index (κ1) is 8.72. The highest BCUT2D eigenvalue weighted by atomic mass is 16.5. The van der Waals surface area contributed by atoms with Crippen LogP contribution in [0.5, 0.6) is 0 Å². The van der Waals surface area contributed by atoms with E-state index >= 15 is 0 Å². The van der Waals surface area contributed by atoms with E-state index in [9.17, 15) is 4.79 Å². The van der Waals surface area contributed by atoms with Gasteiger partial charge in [-0.1, -0.05) is 13.8 Å². The van der Waals surface area contributed by atoms with Crippen molar-refractivity contribution >= 4 is 5.78 Å². The van der Waals surface area contributed by atoms with Gasteiger partial charge in [-0.25, -0.2) is 0 Å². The minimum atomic E-state index is 0.192. The molecule has 0 unspecified atom stereocenters. The van der Waals surface area contributed by atoms with E-state index in [1.807, 2.05) is 13.8 Å². The molecule has 0 aliphatic heterocycles. The second-order valence-corrected chi connectivity index (χ2v) is 3.58. The third-order valence-electron chi connectivity index (χ3n) is 2.40. The Hall–Kier alpha value is -0.370. The van der Waals surface area contributed by atoms with Crippen molar-refractivity contribution in [2.24, 2.45) is 11.8 Å². The highest BCUT2D eigenvalue weighted by Gasteiger charge is 2.34. The smallest absolute Gasteiger partial charge is 0.138 e. The molecule has 0 N–H and O–H groups in total. The van der Waals surface area contributed by atoms with Crippen molar-refractivity contribution in [2.45, 2.75) is 32.8 Å². The Kier molecular flexibility index (Phi) is 2.66. The van der Waals surface area contributed by atoms with Gasteiger partial charge in [0.05, 0.1) is 6.10 Å². The van der Waals surface area contributed by atoms with Gasteiger partial charge < -0.3 is 4.74 Å². The van der Waals surface area contributed by atoms with Crippen molar-refractivity contribution < 1.29 is 9.53 Å². The van der Waals surface area contributed by atoms with Gasteiger partial charge in [0.2, 0.25) is 0 Å². The monoisotopic (exact) mass is 156 g/mol. The Balaban J connectivity index is 2.27. The lowest BCUT2D eigenvalue weighted by atomic mass is 9.76. The Morgan fingerprint density at radius 2 is 2.00 bits per heavy atom. The van der Waals surface area contributed by atoms with E-state index < -0.39 is 0 Å². The zero-order valence-corrected chi connectivity index (χ0v) is 7.46. The summed E-state index contributed by atoms with van der Waals surface area (Å²) < 4.78 is 5.09. The van der Waals surface area contributed by atoms with Gasteiger partial charge in [0.15, 0.2) is 0 Å². The summed E-state index contributed by atoms with van der Waals surface area (Å²) in [4.78, 5) is 11.3. The lowest BCUT2D eigenvalue weighted by Crippen LogP contribution is -2.37. The van der Waals surface area contributed by atoms with Gasteiger partial charge in [0.1, 0.15) is 5.78 Å². The van der Waals surface area contributed by atoms with Crippen LogP contribution in [-0.2, 0) is 9.53 Å². The molecule has 0 bridgehead atoms. The number of carbonyl (C=O) groups excluding carboxylic acids is 1. The number of rotatable bonds is 3. The minimum absolute atomic E-state index is 0.192. The highest BCUT2D eigenvalue weighted by molar-refractivity contribution is 5.83. The predicted octanol–water partition coefficient (Wildman–Crippen LogP) is 1.64. The summed E-state index contributed by atoms with van der Waals surface area (Å²) in [7, 11) is 1.71.